The van der Waals surface area contributed by atoms with Gasteiger partial charge in [0.2, 0.25) is 0 Å². The summed E-state index contributed by atoms with van der Waals surface area (Å²) in [5.41, 5.74) is 2.52. The largest absolute Gasteiger partial charge is 0.497 e. The Labute approximate surface area is 165 Å². The van der Waals surface area contributed by atoms with Crippen LogP contribution in [-0.4, -0.2) is 20.2 Å². The van der Waals surface area contributed by atoms with E-state index < -0.39 is 0 Å². The molecule has 146 valence electrons. The topological polar surface area (TPSA) is 12.5 Å². The second-order valence-electron chi connectivity index (χ2n) is 7.08. The lowest BCUT2D eigenvalue weighted by Gasteiger charge is -2.24. The minimum Gasteiger partial charge on any atom is -0.497 e. The lowest BCUT2D eigenvalue weighted by Crippen LogP contribution is -2.24. The van der Waals surface area contributed by atoms with Crippen LogP contribution in [0.15, 0.2) is 60.7 Å². The molecule has 0 saturated carbocycles. The molecule has 0 atom stereocenters. The molecule has 0 aliphatic rings. The summed E-state index contributed by atoms with van der Waals surface area (Å²) in [6.07, 6.45) is 13.9. The molecule has 0 radical (unpaired) electrons. The van der Waals surface area contributed by atoms with Crippen LogP contribution in [0.5, 0.6) is 5.75 Å². The lowest BCUT2D eigenvalue weighted by molar-refractivity contribution is 0.415. The fraction of sp³-hybridized carbons (Fsp3) is 0.440. The third-order valence-corrected chi connectivity index (χ3v) is 4.90. The van der Waals surface area contributed by atoms with Gasteiger partial charge >= 0.3 is 0 Å². The average molecular weight is 366 g/mol. The first-order valence-corrected chi connectivity index (χ1v) is 10.4. The first kappa shape index (κ1) is 21.1. The second-order valence-corrected chi connectivity index (χ2v) is 7.08. The Balaban J connectivity index is 1.88. The van der Waals surface area contributed by atoms with Gasteiger partial charge in [-0.1, -0.05) is 87.9 Å². The Morgan fingerprint density at radius 3 is 2.15 bits per heavy atom. The van der Waals surface area contributed by atoms with E-state index >= 15 is 0 Å². The van der Waals surface area contributed by atoms with Crippen LogP contribution < -0.4 is 9.64 Å². The van der Waals surface area contributed by atoms with E-state index in [2.05, 4.69) is 66.4 Å². The molecular formula is C25H35NO. The van der Waals surface area contributed by atoms with Gasteiger partial charge in [0, 0.05) is 18.8 Å². The van der Waals surface area contributed by atoms with Crippen molar-refractivity contribution < 1.29 is 4.74 Å². The van der Waals surface area contributed by atoms with E-state index in [0.29, 0.717) is 0 Å². The zero-order valence-corrected chi connectivity index (χ0v) is 17.1. The Morgan fingerprint density at radius 1 is 0.815 bits per heavy atom. The van der Waals surface area contributed by atoms with Crippen molar-refractivity contribution in [3.8, 4) is 5.75 Å². The van der Waals surface area contributed by atoms with E-state index in [9.17, 15) is 0 Å². The molecule has 0 aliphatic carbocycles. The second kappa shape index (κ2) is 13.0. The van der Waals surface area contributed by atoms with Gasteiger partial charge in [-0.05, 0) is 36.2 Å². The third-order valence-electron chi connectivity index (χ3n) is 4.90. The molecule has 0 unspecified atom stereocenters. The van der Waals surface area contributed by atoms with Crippen LogP contribution in [0.3, 0.4) is 0 Å². The van der Waals surface area contributed by atoms with Gasteiger partial charge in [-0.2, -0.15) is 0 Å². The number of benzene rings is 2. The summed E-state index contributed by atoms with van der Waals surface area (Å²) in [6, 6.07) is 18.9. The number of nitrogens with zero attached hydrogens (tertiary/aromatic N) is 1. The van der Waals surface area contributed by atoms with Crippen LogP contribution in [-0.2, 0) is 0 Å². The summed E-state index contributed by atoms with van der Waals surface area (Å²) in [4.78, 5) is 2.46. The average Bonchev–Trinajstić information content (AvgIpc) is 2.72. The lowest BCUT2D eigenvalue weighted by atomic mass is 10.1. The fourth-order valence-corrected chi connectivity index (χ4v) is 3.26. The van der Waals surface area contributed by atoms with Crippen molar-refractivity contribution in [1.29, 1.82) is 0 Å². The highest BCUT2D eigenvalue weighted by molar-refractivity contribution is 5.53. The molecule has 0 aromatic heterocycles. The van der Waals surface area contributed by atoms with E-state index in [1.807, 2.05) is 12.1 Å². The molecular weight excluding hydrogens is 330 g/mol. The third kappa shape index (κ3) is 8.34. The summed E-state index contributed by atoms with van der Waals surface area (Å²) in [6.45, 7) is 4.30. The highest BCUT2D eigenvalue weighted by Crippen LogP contribution is 2.20. The van der Waals surface area contributed by atoms with Crippen molar-refractivity contribution in [3.63, 3.8) is 0 Å². The van der Waals surface area contributed by atoms with Crippen LogP contribution in [0.1, 0.15) is 57.4 Å². The smallest absolute Gasteiger partial charge is 0.119 e. The SMILES string of the molecule is CCCCCCCCCN(C/C=C/c1ccccc1)c1ccc(OC)cc1. The Hall–Kier alpha value is -2.22. The van der Waals surface area contributed by atoms with Crippen molar-refractivity contribution in [2.75, 3.05) is 25.1 Å². The number of ether oxygens (including phenoxy) is 1. The maximum absolute atomic E-state index is 5.30. The molecule has 0 heterocycles. The van der Waals surface area contributed by atoms with Gasteiger partial charge in [-0.15, -0.1) is 0 Å². The minimum absolute atomic E-state index is 0.912. The van der Waals surface area contributed by atoms with Crippen LogP contribution in [0, 0.1) is 0 Å². The Bertz CT molecular complexity index is 633. The number of hydrogen-bond acceptors (Lipinski definition) is 2. The van der Waals surface area contributed by atoms with Crippen molar-refractivity contribution >= 4 is 11.8 Å². The van der Waals surface area contributed by atoms with Gasteiger partial charge in [0.25, 0.3) is 0 Å². The molecule has 2 heteroatoms. The van der Waals surface area contributed by atoms with Gasteiger partial charge < -0.3 is 9.64 Å². The molecule has 2 aromatic rings. The van der Waals surface area contributed by atoms with Crippen molar-refractivity contribution in [3.05, 3.63) is 66.2 Å². The zero-order valence-electron chi connectivity index (χ0n) is 17.1. The number of anilines is 1. The molecule has 0 spiro atoms. The Kier molecular flexibility index (Phi) is 10.2. The number of rotatable bonds is 13. The quantitative estimate of drug-likeness (QED) is 0.355. The van der Waals surface area contributed by atoms with Crippen molar-refractivity contribution in [1.82, 2.24) is 0 Å². The molecule has 2 nitrogen and oxygen atoms in total. The number of unbranched alkanes of at least 4 members (excludes halogenated alkanes) is 6. The van der Waals surface area contributed by atoms with Gasteiger partial charge in [0.15, 0.2) is 0 Å². The number of hydrogen-bond donors (Lipinski definition) is 0. The maximum atomic E-state index is 5.30. The summed E-state index contributed by atoms with van der Waals surface area (Å²) in [5, 5.41) is 0. The molecule has 0 aliphatic heterocycles. The Morgan fingerprint density at radius 2 is 1.48 bits per heavy atom. The van der Waals surface area contributed by atoms with Gasteiger partial charge in [0.1, 0.15) is 5.75 Å². The summed E-state index contributed by atoms with van der Waals surface area (Å²) >= 11 is 0. The van der Waals surface area contributed by atoms with E-state index in [4.69, 9.17) is 4.74 Å². The summed E-state index contributed by atoms with van der Waals surface area (Å²) in [7, 11) is 1.72. The molecule has 2 aromatic carbocycles. The normalized spacial score (nSPS) is 11.0. The monoisotopic (exact) mass is 365 g/mol. The first-order valence-electron chi connectivity index (χ1n) is 10.4. The van der Waals surface area contributed by atoms with Gasteiger partial charge in [0.05, 0.1) is 7.11 Å². The highest BCUT2D eigenvalue weighted by Gasteiger charge is 2.05. The van der Waals surface area contributed by atoms with E-state index in [0.717, 1.165) is 18.8 Å². The zero-order chi connectivity index (χ0) is 19.2. The van der Waals surface area contributed by atoms with Crippen LogP contribution >= 0.6 is 0 Å². The highest BCUT2D eigenvalue weighted by atomic mass is 16.5. The standard InChI is InChI=1S/C25H35NO/c1-3-4-5-6-7-8-12-21-26(24-17-19-25(27-2)20-18-24)22-13-16-23-14-10-9-11-15-23/h9-11,13-20H,3-8,12,21-22H2,1-2H3/b16-13+. The van der Waals surface area contributed by atoms with Gasteiger partial charge in [-0.25, -0.2) is 0 Å². The summed E-state index contributed by atoms with van der Waals surface area (Å²) in [5.74, 6) is 0.912. The predicted molar refractivity (Wildman–Crippen MR) is 119 cm³/mol. The molecule has 0 saturated heterocycles. The molecule has 0 bridgehead atoms. The van der Waals surface area contributed by atoms with Gasteiger partial charge in [-0.3, -0.25) is 0 Å². The fourth-order valence-electron chi connectivity index (χ4n) is 3.26. The maximum Gasteiger partial charge on any atom is 0.119 e. The number of methoxy groups -OCH3 is 1. The van der Waals surface area contributed by atoms with E-state index in [1.54, 1.807) is 7.11 Å². The van der Waals surface area contributed by atoms with E-state index in [1.165, 1.54) is 56.2 Å². The minimum atomic E-state index is 0.912. The first-order chi connectivity index (χ1) is 13.3. The van der Waals surface area contributed by atoms with Crippen molar-refractivity contribution in [2.24, 2.45) is 0 Å². The van der Waals surface area contributed by atoms with Crippen LogP contribution in [0.4, 0.5) is 5.69 Å². The molecule has 0 N–H and O–H groups in total. The predicted octanol–water partition coefficient (Wildman–Crippen LogP) is 6.97. The molecule has 0 fully saturated rings. The molecule has 0 amide bonds. The van der Waals surface area contributed by atoms with Crippen molar-refractivity contribution in [2.45, 2.75) is 51.9 Å². The summed E-state index contributed by atoms with van der Waals surface area (Å²) < 4.78 is 5.30. The van der Waals surface area contributed by atoms with E-state index in [-0.39, 0.29) is 0 Å². The molecule has 2 rings (SSSR count). The molecule has 27 heavy (non-hydrogen) atoms. The van der Waals surface area contributed by atoms with Crippen LogP contribution in [0.25, 0.3) is 6.08 Å². The van der Waals surface area contributed by atoms with Crippen LogP contribution in [0.2, 0.25) is 0 Å².